The Morgan fingerprint density at radius 3 is 3.00 bits per heavy atom. The third kappa shape index (κ3) is 2.62. The number of nitrogens with zero attached hydrogens (tertiary/aromatic N) is 1. The van der Waals surface area contributed by atoms with Crippen LogP contribution in [0.2, 0.25) is 5.02 Å². The Balaban J connectivity index is 1.88. The number of thiazole rings is 1. The summed E-state index contributed by atoms with van der Waals surface area (Å²) in [4.78, 5) is 4.29. The average Bonchev–Trinajstić information content (AvgIpc) is 2.97. The van der Waals surface area contributed by atoms with Gasteiger partial charge in [-0.3, -0.25) is 0 Å². The van der Waals surface area contributed by atoms with Gasteiger partial charge in [-0.2, -0.15) is 0 Å². The Hall–Kier alpha value is -1.98. The van der Waals surface area contributed by atoms with Crippen LogP contribution in [0, 0.1) is 0 Å². The molecule has 3 rings (SSSR count). The van der Waals surface area contributed by atoms with E-state index in [-0.39, 0.29) is 0 Å². The molecule has 0 amide bonds. The van der Waals surface area contributed by atoms with Crippen LogP contribution in [0.4, 0.5) is 11.4 Å². The molecule has 21 heavy (non-hydrogen) atoms. The van der Waals surface area contributed by atoms with Crippen molar-refractivity contribution in [3.8, 4) is 5.75 Å². The number of aromatic nitrogens is 1. The smallest absolute Gasteiger partial charge is 0.125 e. The van der Waals surface area contributed by atoms with Crippen molar-refractivity contribution in [3.05, 3.63) is 46.4 Å². The maximum atomic E-state index is 6.23. The Labute approximate surface area is 131 Å². The zero-order valence-corrected chi connectivity index (χ0v) is 13.0. The maximum absolute atomic E-state index is 6.23. The summed E-state index contributed by atoms with van der Waals surface area (Å²) in [6.07, 6.45) is 0. The van der Waals surface area contributed by atoms with Crippen LogP contribution in [0.3, 0.4) is 0 Å². The first-order valence-corrected chi connectivity index (χ1v) is 7.63. The summed E-state index contributed by atoms with van der Waals surface area (Å²) in [7, 11) is 1.63. The molecule has 0 aliphatic heterocycles. The van der Waals surface area contributed by atoms with Crippen molar-refractivity contribution >= 4 is 44.5 Å². The maximum Gasteiger partial charge on any atom is 0.125 e. The molecule has 0 fully saturated rings. The van der Waals surface area contributed by atoms with Gasteiger partial charge in [-0.15, -0.1) is 11.3 Å². The third-order valence-electron chi connectivity index (χ3n) is 3.29. The van der Waals surface area contributed by atoms with Crippen LogP contribution in [-0.2, 0) is 6.54 Å². The van der Waals surface area contributed by atoms with E-state index in [2.05, 4.69) is 10.3 Å². The van der Waals surface area contributed by atoms with Crippen LogP contribution >= 0.6 is 22.9 Å². The summed E-state index contributed by atoms with van der Waals surface area (Å²) in [5, 5.41) is 3.96. The van der Waals surface area contributed by atoms with Crippen LogP contribution < -0.4 is 15.8 Å². The number of rotatable bonds is 4. The minimum Gasteiger partial charge on any atom is -0.496 e. The Morgan fingerprint density at radius 2 is 2.19 bits per heavy atom. The number of anilines is 2. The molecular weight excluding hydrogens is 306 g/mol. The van der Waals surface area contributed by atoms with Gasteiger partial charge in [0.2, 0.25) is 0 Å². The number of nitrogens with one attached hydrogen (secondary N) is 1. The van der Waals surface area contributed by atoms with E-state index in [1.165, 1.54) is 0 Å². The molecule has 108 valence electrons. The molecule has 0 atom stereocenters. The number of benzene rings is 2. The van der Waals surface area contributed by atoms with E-state index in [0.717, 1.165) is 27.2 Å². The summed E-state index contributed by atoms with van der Waals surface area (Å²) in [6, 6.07) is 9.55. The lowest BCUT2D eigenvalue weighted by Crippen LogP contribution is -2.05. The van der Waals surface area contributed by atoms with Gasteiger partial charge in [0.15, 0.2) is 0 Å². The van der Waals surface area contributed by atoms with Crippen LogP contribution in [0.25, 0.3) is 10.2 Å². The van der Waals surface area contributed by atoms with Crippen molar-refractivity contribution in [2.75, 3.05) is 18.2 Å². The number of hydrogen-bond donors (Lipinski definition) is 2. The molecule has 2 aromatic carbocycles. The highest BCUT2D eigenvalue weighted by Crippen LogP contribution is 2.32. The van der Waals surface area contributed by atoms with Crippen LogP contribution in [0.5, 0.6) is 5.75 Å². The van der Waals surface area contributed by atoms with Gasteiger partial charge < -0.3 is 15.8 Å². The molecule has 0 aliphatic rings. The molecule has 1 aromatic heterocycles. The summed E-state index contributed by atoms with van der Waals surface area (Å²) in [5.41, 5.74) is 11.2. The molecule has 4 nitrogen and oxygen atoms in total. The van der Waals surface area contributed by atoms with E-state index in [1.807, 2.05) is 30.3 Å². The molecule has 0 saturated carbocycles. The fourth-order valence-corrected chi connectivity index (χ4v) is 3.12. The lowest BCUT2D eigenvalue weighted by Gasteiger charge is -2.13. The highest BCUT2D eigenvalue weighted by Gasteiger charge is 2.10. The highest BCUT2D eigenvalue weighted by molar-refractivity contribution is 7.16. The van der Waals surface area contributed by atoms with Crippen molar-refractivity contribution < 1.29 is 4.74 Å². The quantitative estimate of drug-likeness (QED) is 0.709. The van der Waals surface area contributed by atoms with Gasteiger partial charge in [-0.25, -0.2) is 4.98 Å². The summed E-state index contributed by atoms with van der Waals surface area (Å²) in [6.45, 7) is 0.530. The molecule has 3 N–H and O–H groups in total. The number of methoxy groups -OCH3 is 1. The predicted molar refractivity (Wildman–Crippen MR) is 89.4 cm³/mol. The average molecular weight is 320 g/mol. The van der Waals surface area contributed by atoms with E-state index in [4.69, 9.17) is 22.1 Å². The molecule has 0 radical (unpaired) electrons. The Bertz CT molecular complexity index is 788. The molecule has 3 aromatic rings. The number of hydrogen-bond acceptors (Lipinski definition) is 5. The zero-order chi connectivity index (χ0) is 14.8. The Kier molecular flexibility index (Phi) is 3.86. The van der Waals surface area contributed by atoms with Gasteiger partial charge in [0.05, 0.1) is 28.7 Å². The van der Waals surface area contributed by atoms with E-state index >= 15 is 0 Å². The van der Waals surface area contributed by atoms with Crippen molar-refractivity contribution in [3.63, 3.8) is 0 Å². The molecule has 1 heterocycles. The van der Waals surface area contributed by atoms with Crippen molar-refractivity contribution in [1.29, 1.82) is 0 Å². The van der Waals surface area contributed by atoms with Gasteiger partial charge >= 0.3 is 0 Å². The van der Waals surface area contributed by atoms with Crippen LogP contribution in [0.15, 0.2) is 35.8 Å². The van der Waals surface area contributed by atoms with Crippen molar-refractivity contribution in [2.24, 2.45) is 0 Å². The number of nitrogens with two attached hydrogens (primary N) is 1. The van der Waals surface area contributed by atoms with Gasteiger partial charge in [-0.05, 0) is 24.3 Å². The largest absolute Gasteiger partial charge is 0.496 e. The van der Waals surface area contributed by atoms with Crippen molar-refractivity contribution in [2.45, 2.75) is 6.54 Å². The fourth-order valence-electron chi connectivity index (χ4n) is 2.19. The number of nitrogen functional groups attached to an aromatic ring is 1. The molecule has 0 bridgehead atoms. The molecule has 0 unspecified atom stereocenters. The number of fused-ring (bicyclic) bond motifs is 1. The first-order valence-electron chi connectivity index (χ1n) is 6.37. The standard InChI is InChI=1S/C15H14ClN3OS/c1-20-12-4-2-3-10(16)9(12)7-18-11-5-6-13-15(14(11)17)19-8-21-13/h2-6,8,18H,7,17H2,1H3. The highest BCUT2D eigenvalue weighted by atomic mass is 35.5. The molecule has 6 heteroatoms. The molecule has 0 aliphatic carbocycles. The second-order valence-corrected chi connectivity index (χ2v) is 5.79. The van der Waals surface area contributed by atoms with Gasteiger partial charge in [0.25, 0.3) is 0 Å². The number of ether oxygens (including phenoxy) is 1. The van der Waals surface area contributed by atoms with Gasteiger partial charge in [0, 0.05) is 17.1 Å². The first kappa shape index (κ1) is 14.0. The normalized spacial score (nSPS) is 10.8. The second kappa shape index (κ2) is 5.79. The van der Waals surface area contributed by atoms with E-state index in [1.54, 1.807) is 24.0 Å². The lowest BCUT2D eigenvalue weighted by molar-refractivity contribution is 0.410. The first-order chi connectivity index (χ1) is 10.2. The SMILES string of the molecule is COc1cccc(Cl)c1CNc1ccc2scnc2c1N. The predicted octanol–water partition coefficient (Wildman–Crippen LogP) is 4.15. The third-order valence-corrected chi connectivity index (χ3v) is 4.44. The van der Waals surface area contributed by atoms with Crippen LogP contribution in [0.1, 0.15) is 5.56 Å². The minimum atomic E-state index is 0.530. The van der Waals surface area contributed by atoms with E-state index in [0.29, 0.717) is 17.3 Å². The minimum absolute atomic E-state index is 0.530. The molecule has 0 saturated heterocycles. The van der Waals surface area contributed by atoms with E-state index < -0.39 is 0 Å². The summed E-state index contributed by atoms with van der Waals surface area (Å²) in [5.74, 6) is 0.753. The summed E-state index contributed by atoms with van der Waals surface area (Å²) >= 11 is 7.80. The zero-order valence-electron chi connectivity index (χ0n) is 11.4. The Morgan fingerprint density at radius 1 is 1.33 bits per heavy atom. The van der Waals surface area contributed by atoms with Crippen LogP contribution in [-0.4, -0.2) is 12.1 Å². The fraction of sp³-hybridized carbons (Fsp3) is 0.133. The lowest BCUT2D eigenvalue weighted by atomic mass is 10.2. The molecule has 0 spiro atoms. The number of halogens is 1. The van der Waals surface area contributed by atoms with Gasteiger partial charge in [0.1, 0.15) is 11.3 Å². The van der Waals surface area contributed by atoms with E-state index in [9.17, 15) is 0 Å². The monoisotopic (exact) mass is 319 g/mol. The topological polar surface area (TPSA) is 60.2 Å². The van der Waals surface area contributed by atoms with Gasteiger partial charge in [-0.1, -0.05) is 17.7 Å². The molecular formula is C15H14ClN3OS. The van der Waals surface area contributed by atoms with Crippen molar-refractivity contribution in [1.82, 2.24) is 4.98 Å². The summed E-state index contributed by atoms with van der Waals surface area (Å²) < 4.78 is 6.41. The second-order valence-electron chi connectivity index (χ2n) is 4.50.